The SMILES string of the molecule is Cc1cccc(NC(=S)NCCCN(C)c2ccccc2)c1C. The molecule has 0 aromatic heterocycles. The molecule has 0 atom stereocenters. The number of hydrogen-bond acceptors (Lipinski definition) is 2. The minimum atomic E-state index is 0.682. The molecular weight excluding hydrogens is 302 g/mol. The molecule has 0 fully saturated rings. The molecule has 0 unspecified atom stereocenters. The normalized spacial score (nSPS) is 10.2. The Kier molecular flexibility index (Phi) is 6.41. The first-order valence-electron chi connectivity index (χ1n) is 7.95. The Balaban J connectivity index is 1.72. The molecule has 2 N–H and O–H groups in total. The average Bonchev–Trinajstić information content (AvgIpc) is 2.56. The van der Waals surface area contributed by atoms with Crippen LogP contribution in [-0.2, 0) is 0 Å². The van der Waals surface area contributed by atoms with Crippen LogP contribution < -0.4 is 15.5 Å². The average molecular weight is 327 g/mol. The van der Waals surface area contributed by atoms with Gasteiger partial charge in [-0.05, 0) is 61.8 Å². The van der Waals surface area contributed by atoms with E-state index in [4.69, 9.17) is 12.2 Å². The Labute approximate surface area is 144 Å². The van der Waals surface area contributed by atoms with Crippen LogP contribution in [0.5, 0.6) is 0 Å². The van der Waals surface area contributed by atoms with Gasteiger partial charge < -0.3 is 15.5 Å². The minimum absolute atomic E-state index is 0.682. The summed E-state index contributed by atoms with van der Waals surface area (Å²) >= 11 is 5.38. The molecular formula is C19H25N3S. The summed E-state index contributed by atoms with van der Waals surface area (Å²) in [7, 11) is 2.11. The zero-order valence-corrected chi connectivity index (χ0v) is 14.9. The Hall–Kier alpha value is -2.07. The molecule has 0 amide bonds. The zero-order valence-electron chi connectivity index (χ0n) is 14.1. The predicted molar refractivity (Wildman–Crippen MR) is 104 cm³/mol. The summed E-state index contributed by atoms with van der Waals surface area (Å²) in [6, 6.07) is 16.6. The van der Waals surface area contributed by atoms with Crippen LogP contribution in [-0.4, -0.2) is 25.2 Å². The smallest absolute Gasteiger partial charge is 0.170 e. The first-order valence-corrected chi connectivity index (χ1v) is 8.36. The third-order valence-electron chi connectivity index (χ3n) is 4.01. The molecule has 0 heterocycles. The maximum Gasteiger partial charge on any atom is 0.170 e. The molecule has 0 spiro atoms. The maximum absolute atomic E-state index is 5.38. The van der Waals surface area contributed by atoms with Crippen LogP contribution in [0, 0.1) is 13.8 Å². The largest absolute Gasteiger partial charge is 0.375 e. The number of benzene rings is 2. The maximum atomic E-state index is 5.38. The van der Waals surface area contributed by atoms with Crippen molar-refractivity contribution in [2.24, 2.45) is 0 Å². The van der Waals surface area contributed by atoms with E-state index in [1.807, 2.05) is 12.1 Å². The van der Waals surface area contributed by atoms with Gasteiger partial charge in [-0.1, -0.05) is 30.3 Å². The van der Waals surface area contributed by atoms with Crippen molar-refractivity contribution in [3.05, 3.63) is 59.7 Å². The fraction of sp³-hybridized carbons (Fsp3) is 0.316. The molecule has 122 valence electrons. The summed E-state index contributed by atoms with van der Waals surface area (Å²) in [5.74, 6) is 0. The number of para-hydroxylation sites is 1. The first kappa shape index (κ1) is 17.3. The quantitative estimate of drug-likeness (QED) is 0.616. The molecule has 23 heavy (non-hydrogen) atoms. The lowest BCUT2D eigenvalue weighted by atomic mass is 10.1. The Morgan fingerprint density at radius 1 is 1.04 bits per heavy atom. The number of hydrogen-bond donors (Lipinski definition) is 2. The molecule has 0 bridgehead atoms. The van der Waals surface area contributed by atoms with Gasteiger partial charge in [0.2, 0.25) is 0 Å². The summed E-state index contributed by atoms with van der Waals surface area (Å²) in [6.07, 6.45) is 1.03. The van der Waals surface area contributed by atoms with Crippen molar-refractivity contribution in [3.8, 4) is 0 Å². The van der Waals surface area contributed by atoms with Gasteiger partial charge in [0.25, 0.3) is 0 Å². The highest BCUT2D eigenvalue weighted by atomic mass is 32.1. The van der Waals surface area contributed by atoms with Gasteiger partial charge in [0.05, 0.1) is 0 Å². The van der Waals surface area contributed by atoms with Crippen molar-refractivity contribution in [3.63, 3.8) is 0 Å². The fourth-order valence-corrected chi connectivity index (χ4v) is 2.59. The zero-order chi connectivity index (χ0) is 16.7. The number of aryl methyl sites for hydroxylation is 1. The van der Waals surface area contributed by atoms with Gasteiger partial charge in [0.1, 0.15) is 0 Å². The van der Waals surface area contributed by atoms with Gasteiger partial charge in [0.15, 0.2) is 5.11 Å². The van der Waals surface area contributed by atoms with E-state index in [0.717, 1.165) is 25.2 Å². The highest BCUT2D eigenvalue weighted by Crippen LogP contribution is 2.17. The summed E-state index contributed by atoms with van der Waals surface area (Å²) in [6.45, 7) is 6.06. The van der Waals surface area contributed by atoms with Gasteiger partial charge in [0, 0.05) is 31.5 Å². The van der Waals surface area contributed by atoms with Crippen molar-refractivity contribution in [2.45, 2.75) is 20.3 Å². The van der Waals surface area contributed by atoms with Crippen LogP contribution in [0.1, 0.15) is 17.5 Å². The van der Waals surface area contributed by atoms with Crippen LogP contribution in [0.25, 0.3) is 0 Å². The fourth-order valence-electron chi connectivity index (χ4n) is 2.38. The first-order chi connectivity index (χ1) is 11.1. The van der Waals surface area contributed by atoms with E-state index in [1.165, 1.54) is 16.8 Å². The lowest BCUT2D eigenvalue weighted by Gasteiger charge is -2.19. The van der Waals surface area contributed by atoms with Crippen LogP contribution in [0.2, 0.25) is 0 Å². The van der Waals surface area contributed by atoms with Crippen molar-refractivity contribution >= 4 is 28.7 Å². The van der Waals surface area contributed by atoms with E-state index in [9.17, 15) is 0 Å². The molecule has 0 aliphatic rings. The van der Waals surface area contributed by atoms with Crippen molar-refractivity contribution in [1.82, 2.24) is 5.32 Å². The second-order valence-electron chi connectivity index (χ2n) is 5.74. The monoisotopic (exact) mass is 327 g/mol. The van der Waals surface area contributed by atoms with Gasteiger partial charge >= 0.3 is 0 Å². The highest BCUT2D eigenvalue weighted by molar-refractivity contribution is 7.80. The van der Waals surface area contributed by atoms with Gasteiger partial charge in [-0.2, -0.15) is 0 Å². The summed E-state index contributed by atoms with van der Waals surface area (Å²) in [5, 5.41) is 7.24. The molecule has 4 heteroatoms. The molecule has 2 rings (SSSR count). The van der Waals surface area contributed by atoms with Crippen LogP contribution in [0.3, 0.4) is 0 Å². The number of nitrogens with zero attached hydrogens (tertiary/aromatic N) is 1. The summed E-state index contributed by atoms with van der Waals surface area (Å²) in [5.41, 5.74) is 4.82. The lowest BCUT2D eigenvalue weighted by Crippen LogP contribution is -2.31. The van der Waals surface area contributed by atoms with E-state index in [-0.39, 0.29) is 0 Å². The molecule has 2 aromatic rings. The standard InChI is InChI=1S/C19H25N3S/c1-15-9-7-12-18(16(15)2)21-19(23)20-13-8-14-22(3)17-10-5-4-6-11-17/h4-7,9-12H,8,13-14H2,1-3H3,(H2,20,21,23). The van der Waals surface area contributed by atoms with E-state index in [1.54, 1.807) is 0 Å². The van der Waals surface area contributed by atoms with E-state index in [0.29, 0.717) is 5.11 Å². The number of anilines is 2. The van der Waals surface area contributed by atoms with Crippen LogP contribution in [0.15, 0.2) is 48.5 Å². The van der Waals surface area contributed by atoms with Gasteiger partial charge in [-0.15, -0.1) is 0 Å². The summed E-state index contributed by atoms with van der Waals surface area (Å²) in [4.78, 5) is 2.25. The molecule has 0 aliphatic carbocycles. The predicted octanol–water partition coefficient (Wildman–Crippen LogP) is 4.12. The van der Waals surface area contributed by atoms with Crippen molar-refractivity contribution in [2.75, 3.05) is 30.4 Å². The van der Waals surface area contributed by atoms with E-state index in [2.05, 4.69) is 72.8 Å². The molecule has 0 saturated heterocycles. The minimum Gasteiger partial charge on any atom is -0.375 e. The number of rotatable bonds is 6. The Bertz CT molecular complexity index is 640. The topological polar surface area (TPSA) is 27.3 Å². The lowest BCUT2D eigenvalue weighted by molar-refractivity contribution is 0.755. The van der Waals surface area contributed by atoms with Crippen LogP contribution >= 0.6 is 12.2 Å². The van der Waals surface area contributed by atoms with Crippen molar-refractivity contribution in [1.29, 1.82) is 0 Å². The Morgan fingerprint density at radius 3 is 2.52 bits per heavy atom. The van der Waals surface area contributed by atoms with Gasteiger partial charge in [-0.3, -0.25) is 0 Å². The number of thiocarbonyl (C=S) groups is 1. The molecule has 2 aromatic carbocycles. The highest BCUT2D eigenvalue weighted by Gasteiger charge is 2.03. The van der Waals surface area contributed by atoms with Gasteiger partial charge in [-0.25, -0.2) is 0 Å². The molecule has 0 saturated carbocycles. The third-order valence-corrected chi connectivity index (χ3v) is 4.25. The van der Waals surface area contributed by atoms with Crippen LogP contribution in [0.4, 0.5) is 11.4 Å². The van der Waals surface area contributed by atoms with E-state index >= 15 is 0 Å². The number of nitrogens with one attached hydrogen (secondary N) is 2. The second kappa shape index (κ2) is 8.53. The molecule has 0 radical (unpaired) electrons. The molecule has 0 aliphatic heterocycles. The second-order valence-corrected chi connectivity index (χ2v) is 6.15. The summed E-state index contributed by atoms with van der Waals surface area (Å²) < 4.78 is 0. The third kappa shape index (κ3) is 5.25. The van der Waals surface area contributed by atoms with Crippen molar-refractivity contribution < 1.29 is 0 Å². The van der Waals surface area contributed by atoms with E-state index < -0.39 is 0 Å². The molecule has 3 nitrogen and oxygen atoms in total. The Morgan fingerprint density at radius 2 is 1.78 bits per heavy atom.